The van der Waals surface area contributed by atoms with Gasteiger partial charge in [-0.25, -0.2) is 4.90 Å². The van der Waals surface area contributed by atoms with Crippen molar-refractivity contribution in [2.24, 2.45) is 0 Å². The molecule has 1 aliphatic rings. The number of hydrogen-bond donors (Lipinski definition) is 0. The summed E-state index contributed by atoms with van der Waals surface area (Å²) in [7, 11) is 1.57. The minimum Gasteiger partial charge on any atom is -0.497 e. The van der Waals surface area contributed by atoms with Crippen LogP contribution in [-0.2, 0) is 9.59 Å². The van der Waals surface area contributed by atoms with E-state index in [0.29, 0.717) is 21.9 Å². The van der Waals surface area contributed by atoms with Gasteiger partial charge in [0.05, 0.1) is 23.3 Å². The van der Waals surface area contributed by atoms with Gasteiger partial charge >= 0.3 is 0 Å². The lowest BCUT2D eigenvalue weighted by Crippen LogP contribution is -2.31. The first-order valence-corrected chi connectivity index (χ1v) is 9.56. The molecule has 138 valence electrons. The highest BCUT2D eigenvalue weighted by Gasteiger charge is 2.40. The molecule has 0 spiro atoms. The Morgan fingerprint density at radius 2 is 1.36 bits per heavy atom. The Balaban J connectivity index is 1.78. The number of benzene rings is 3. The second-order valence-electron chi connectivity index (χ2n) is 6.13. The van der Waals surface area contributed by atoms with E-state index >= 15 is 0 Å². The zero-order valence-corrected chi connectivity index (χ0v) is 16.0. The van der Waals surface area contributed by atoms with Crippen LogP contribution in [0.3, 0.4) is 0 Å². The molecule has 0 fully saturated rings. The van der Waals surface area contributed by atoms with Crippen LogP contribution >= 0.6 is 11.8 Å². The Hall–Kier alpha value is -3.31. The smallest absolute Gasteiger partial charge is 0.272 e. The van der Waals surface area contributed by atoms with Crippen LogP contribution in [0.5, 0.6) is 5.75 Å². The average molecular weight is 387 g/mol. The van der Waals surface area contributed by atoms with Gasteiger partial charge < -0.3 is 4.74 Å². The standard InChI is InChI=1S/C23H17NO3S/c1-27-18-14-12-17(13-15-18)24-22(25)20(16-8-4-2-5-9-16)21(23(24)26)28-19-10-6-3-7-11-19/h2-15H,1H3. The summed E-state index contributed by atoms with van der Waals surface area (Å²) in [5.74, 6) is 0.0284. The molecule has 0 aromatic heterocycles. The fourth-order valence-electron chi connectivity index (χ4n) is 3.04. The van der Waals surface area contributed by atoms with Crippen molar-refractivity contribution in [2.75, 3.05) is 12.0 Å². The molecule has 1 heterocycles. The van der Waals surface area contributed by atoms with Gasteiger partial charge in [-0.15, -0.1) is 0 Å². The Bertz CT molecular complexity index is 1040. The summed E-state index contributed by atoms with van der Waals surface area (Å²) in [5.41, 5.74) is 1.68. The predicted octanol–water partition coefficient (Wildman–Crippen LogP) is 4.77. The maximum absolute atomic E-state index is 13.3. The van der Waals surface area contributed by atoms with E-state index in [4.69, 9.17) is 4.74 Å². The SMILES string of the molecule is COc1ccc(N2C(=O)C(Sc3ccccc3)=C(c3ccccc3)C2=O)cc1. The number of imide groups is 1. The third-order valence-corrected chi connectivity index (χ3v) is 5.49. The second-order valence-corrected chi connectivity index (χ2v) is 7.21. The minimum absolute atomic E-state index is 0.317. The van der Waals surface area contributed by atoms with Crippen molar-refractivity contribution in [3.05, 3.63) is 95.4 Å². The number of nitrogens with zero attached hydrogens (tertiary/aromatic N) is 1. The maximum atomic E-state index is 13.3. The highest BCUT2D eigenvalue weighted by atomic mass is 32.2. The number of anilines is 1. The Morgan fingerprint density at radius 3 is 1.96 bits per heavy atom. The molecule has 3 aromatic rings. The topological polar surface area (TPSA) is 46.6 Å². The van der Waals surface area contributed by atoms with E-state index in [2.05, 4.69) is 0 Å². The van der Waals surface area contributed by atoms with Gasteiger partial charge in [0.15, 0.2) is 0 Å². The minimum atomic E-state index is -0.320. The van der Waals surface area contributed by atoms with Gasteiger partial charge in [-0.2, -0.15) is 0 Å². The fourth-order valence-corrected chi connectivity index (χ4v) is 4.05. The first kappa shape index (κ1) is 18.1. The number of rotatable bonds is 5. The number of thioether (sulfide) groups is 1. The molecular weight excluding hydrogens is 370 g/mol. The van der Waals surface area contributed by atoms with Crippen molar-refractivity contribution in [1.29, 1.82) is 0 Å². The van der Waals surface area contributed by atoms with Crippen molar-refractivity contribution in [1.82, 2.24) is 0 Å². The first-order chi connectivity index (χ1) is 13.7. The Kier molecular flexibility index (Phi) is 5.00. The molecule has 0 bridgehead atoms. The highest BCUT2D eigenvalue weighted by Crippen LogP contribution is 2.41. The molecule has 2 amide bonds. The van der Waals surface area contributed by atoms with Gasteiger partial charge in [-0.3, -0.25) is 9.59 Å². The molecule has 0 radical (unpaired) electrons. The number of carbonyl (C=O) groups is 2. The summed E-state index contributed by atoms with van der Waals surface area (Å²) in [5, 5.41) is 0. The zero-order chi connectivity index (χ0) is 19.5. The molecule has 0 saturated carbocycles. The molecular formula is C23H17NO3S. The highest BCUT2D eigenvalue weighted by molar-refractivity contribution is 8.04. The monoisotopic (exact) mass is 387 g/mol. The summed E-state index contributed by atoms with van der Waals surface area (Å²) in [6.07, 6.45) is 0. The summed E-state index contributed by atoms with van der Waals surface area (Å²) in [6.45, 7) is 0. The van der Waals surface area contributed by atoms with E-state index < -0.39 is 0 Å². The molecule has 4 nitrogen and oxygen atoms in total. The zero-order valence-electron chi connectivity index (χ0n) is 15.2. The first-order valence-electron chi connectivity index (χ1n) is 8.74. The van der Waals surface area contributed by atoms with Crippen LogP contribution in [0, 0.1) is 0 Å². The van der Waals surface area contributed by atoms with Crippen LogP contribution in [0.25, 0.3) is 5.57 Å². The molecule has 0 atom stereocenters. The molecule has 0 aliphatic carbocycles. The van der Waals surface area contributed by atoms with Gasteiger partial charge in [-0.05, 0) is 42.0 Å². The van der Waals surface area contributed by atoms with Gasteiger partial charge in [0, 0.05) is 4.90 Å². The van der Waals surface area contributed by atoms with E-state index in [-0.39, 0.29) is 11.8 Å². The van der Waals surface area contributed by atoms with Crippen LogP contribution in [0.2, 0.25) is 0 Å². The van der Waals surface area contributed by atoms with E-state index in [9.17, 15) is 9.59 Å². The Morgan fingerprint density at radius 1 is 0.750 bits per heavy atom. The van der Waals surface area contributed by atoms with Crippen molar-refractivity contribution in [2.45, 2.75) is 4.90 Å². The number of amides is 2. The van der Waals surface area contributed by atoms with Crippen LogP contribution in [0.4, 0.5) is 5.69 Å². The fraction of sp³-hybridized carbons (Fsp3) is 0.0435. The summed E-state index contributed by atoms with van der Waals surface area (Å²) in [4.78, 5) is 29.1. The van der Waals surface area contributed by atoms with E-state index in [1.165, 1.54) is 16.7 Å². The normalized spacial score (nSPS) is 14.0. The van der Waals surface area contributed by atoms with Gasteiger partial charge in [0.1, 0.15) is 5.75 Å². The maximum Gasteiger partial charge on any atom is 0.272 e. The van der Waals surface area contributed by atoms with Crippen molar-refractivity contribution in [3.63, 3.8) is 0 Å². The molecule has 0 saturated heterocycles. The number of hydrogen-bond acceptors (Lipinski definition) is 4. The predicted molar refractivity (Wildman–Crippen MR) is 111 cm³/mol. The molecule has 1 aliphatic heterocycles. The van der Waals surface area contributed by atoms with Crippen LogP contribution in [0.1, 0.15) is 5.56 Å². The molecule has 4 rings (SSSR count). The largest absolute Gasteiger partial charge is 0.497 e. The van der Waals surface area contributed by atoms with E-state index in [1.807, 2.05) is 60.7 Å². The molecule has 5 heteroatoms. The lowest BCUT2D eigenvalue weighted by atomic mass is 10.1. The number of methoxy groups -OCH3 is 1. The quantitative estimate of drug-likeness (QED) is 0.592. The molecule has 3 aromatic carbocycles. The summed E-state index contributed by atoms with van der Waals surface area (Å²) < 4.78 is 5.17. The van der Waals surface area contributed by atoms with Crippen LogP contribution in [-0.4, -0.2) is 18.9 Å². The molecule has 0 unspecified atom stereocenters. The third kappa shape index (κ3) is 3.32. The summed E-state index contributed by atoms with van der Waals surface area (Å²) >= 11 is 1.31. The van der Waals surface area contributed by atoms with Crippen molar-refractivity contribution >= 4 is 34.8 Å². The van der Waals surface area contributed by atoms with Gasteiger partial charge in [-0.1, -0.05) is 60.3 Å². The second kappa shape index (κ2) is 7.74. The molecule has 28 heavy (non-hydrogen) atoms. The van der Waals surface area contributed by atoms with Gasteiger partial charge in [0.2, 0.25) is 0 Å². The van der Waals surface area contributed by atoms with Crippen molar-refractivity contribution < 1.29 is 14.3 Å². The number of carbonyl (C=O) groups excluding carboxylic acids is 2. The van der Waals surface area contributed by atoms with E-state index in [0.717, 1.165) is 10.5 Å². The molecule has 0 N–H and O–H groups in total. The van der Waals surface area contributed by atoms with Crippen molar-refractivity contribution in [3.8, 4) is 5.75 Å². The lowest BCUT2D eigenvalue weighted by molar-refractivity contribution is -0.119. The lowest BCUT2D eigenvalue weighted by Gasteiger charge is -2.15. The Labute approximate surface area is 167 Å². The van der Waals surface area contributed by atoms with Gasteiger partial charge in [0.25, 0.3) is 11.8 Å². The summed E-state index contributed by atoms with van der Waals surface area (Å²) in [6, 6.07) is 25.8. The number of ether oxygens (including phenoxy) is 1. The average Bonchev–Trinajstić information content (AvgIpc) is 2.99. The third-order valence-electron chi connectivity index (χ3n) is 4.40. The van der Waals surface area contributed by atoms with E-state index in [1.54, 1.807) is 31.4 Å². The van der Waals surface area contributed by atoms with Crippen LogP contribution in [0.15, 0.2) is 94.7 Å². The van der Waals surface area contributed by atoms with Crippen LogP contribution < -0.4 is 9.64 Å².